The maximum absolute atomic E-state index is 12.7. The number of carboxylic acid groups (broad SMARTS) is 1. The molecule has 8 nitrogen and oxygen atoms in total. The summed E-state index contributed by atoms with van der Waals surface area (Å²) >= 11 is 0. The predicted octanol–water partition coefficient (Wildman–Crippen LogP) is 1.27. The molecule has 1 atom stereocenters. The largest absolute Gasteiger partial charge is 0.481 e. The van der Waals surface area contributed by atoms with Crippen LogP contribution in [-0.2, 0) is 14.6 Å². The van der Waals surface area contributed by atoms with Gasteiger partial charge in [0.15, 0.2) is 15.5 Å². The molecule has 1 amide bonds. The molecule has 2 aliphatic heterocycles. The van der Waals surface area contributed by atoms with Crippen LogP contribution in [0.3, 0.4) is 0 Å². The smallest absolute Gasteiger partial charge is 0.308 e. The quantitative estimate of drug-likeness (QED) is 0.820. The molecule has 1 aromatic heterocycles. The van der Waals surface area contributed by atoms with E-state index >= 15 is 0 Å². The van der Waals surface area contributed by atoms with Gasteiger partial charge in [0.25, 0.3) is 5.91 Å². The van der Waals surface area contributed by atoms with Crippen LogP contribution in [0.25, 0.3) is 0 Å². The van der Waals surface area contributed by atoms with Crippen molar-refractivity contribution in [2.45, 2.75) is 50.8 Å². The van der Waals surface area contributed by atoms with E-state index in [2.05, 4.69) is 18.9 Å². The summed E-state index contributed by atoms with van der Waals surface area (Å²) in [5.74, 6) is -2.52. The van der Waals surface area contributed by atoms with Gasteiger partial charge < -0.3 is 10.0 Å². The van der Waals surface area contributed by atoms with Gasteiger partial charge in [0.1, 0.15) is 4.75 Å². The van der Waals surface area contributed by atoms with E-state index in [0.29, 0.717) is 0 Å². The number of carboxylic acids is 1. The molecule has 1 unspecified atom stereocenters. The van der Waals surface area contributed by atoms with Crippen molar-refractivity contribution in [3.63, 3.8) is 0 Å². The van der Waals surface area contributed by atoms with Crippen LogP contribution < -0.4 is 0 Å². The second-order valence-electron chi connectivity index (χ2n) is 7.31. The fourth-order valence-electron chi connectivity index (χ4n) is 4.22. The number of carbonyl (C=O) groups is 2. The Bertz CT molecular complexity index is 835. The van der Waals surface area contributed by atoms with Crippen molar-refractivity contribution in [1.82, 2.24) is 14.7 Å². The van der Waals surface area contributed by atoms with E-state index in [1.54, 1.807) is 6.07 Å². The van der Waals surface area contributed by atoms with E-state index in [0.717, 1.165) is 18.5 Å². The Balaban J connectivity index is 1.80. The fourth-order valence-corrected chi connectivity index (χ4v) is 6.53. The molecule has 3 heterocycles. The van der Waals surface area contributed by atoms with Crippen molar-refractivity contribution in [1.29, 1.82) is 0 Å². The maximum Gasteiger partial charge on any atom is 0.308 e. The first-order chi connectivity index (χ1) is 12.2. The third kappa shape index (κ3) is 2.64. The molecule has 1 aromatic rings. The summed E-state index contributed by atoms with van der Waals surface area (Å²) in [6, 6.07) is 1.93. The Morgan fingerprint density at radius 3 is 2.50 bits per heavy atom. The number of aliphatic carboxylic acids is 1. The van der Waals surface area contributed by atoms with Gasteiger partial charge in [0.2, 0.25) is 0 Å². The Morgan fingerprint density at radius 1 is 1.35 bits per heavy atom. The zero-order valence-electron chi connectivity index (χ0n) is 15.3. The third-order valence-electron chi connectivity index (χ3n) is 5.86. The van der Waals surface area contributed by atoms with Crippen LogP contribution in [0.5, 0.6) is 0 Å². The molecule has 3 rings (SSSR count). The number of likely N-dealkylation sites (tertiary alicyclic amines) is 1. The van der Waals surface area contributed by atoms with Crippen molar-refractivity contribution >= 4 is 21.7 Å². The highest BCUT2D eigenvalue weighted by atomic mass is 32.2. The first-order valence-electron chi connectivity index (χ1n) is 8.97. The first kappa shape index (κ1) is 18.9. The average Bonchev–Trinajstić information content (AvgIpc) is 3.04. The van der Waals surface area contributed by atoms with E-state index in [1.165, 1.54) is 4.90 Å². The van der Waals surface area contributed by atoms with Gasteiger partial charge in [-0.2, -0.15) is 5.10 Å². The Labute approximate surface area is 153 Å². The molecule has 26 heavy (non-hydrogen) atoms. The van der Waals surface area contributed by atoms with Gasteiger partial charge in [0.05, 0.1) is 17.7 Å². The van der Waals surface area contributed by atoms with Gasteiger partial charge in [-0.25, -0.2) is 8.42 Å². The van der Waals surface area contributed by atoms with Crippen LogP contribution in [0.2, 0.25) is 0 Å². The monoisotopic (exact) mass is 383 g/mol. The molecule has 2 saturated heterocycles. The molecule has 0 saturated carbocycles. The first-order valence-corrected chi connectivity index (χ1v) is 10.6. The van der Waals surface area contributed by atoms with E-state index in [1.807, 2.05) is 11.6 Å². The molecule has 1 N–H and O–H groups in total. The molecular formula is C17H25N3O5S. The summed E-state index contributed by atoms with van der Waals surface area (Å²) in [6.45, 7) is 5.88. The lowest BCUT2D eigenvalue weighted by molar-refractivity contribution is -0.144. The van der Waals surface area contributed by atoms with E-state index in [4.69, 9.17) is 0 Å². The second kappa shape index (κ2) is 6.37. The molecule has 9 heteroatoms. The number of sulfone groups is 1. The van der Waals surface area contributed by atoms with Crippen LogP contribution in [0.1, 0.15) is 55.3 Å². The number of nitrogens with zero attached hydrogens (tertiary/aromatic N) is 3. The SMILES string of the molecule is CCC(CC)n1nc(C(=O)N2CC3(C2)C(C(=O)O)CCS3(=O)=O)cc1C. The van der Waals surface area contributed by atoms with Gasteiger partial charge in [-0.05, 0) is 32.3 Å². The van der Waals surface area contributed by atoms with Crippen molar-refractivity contribution < 1.29 is 23.1 Å². The number of aromatic nitrogens is 2. The number of hydrogen-bond donors (Lipinski definition) is 1. The molecule has 0 radical (unpaired) electrons. The van der Waals surface area contributed by atoms with Crippen LogP contribution in [0, 0.1) is 12.8 Å². The highest BCUT2D eigenvalue weighted by molar-refractivity contribution is 7.93. The molecule has 0 bridgehead atoms. The molecule has 144 valence electrons. The van der Waals surface area contributed by atoms with Crippen LogP contribution in [0.15, 0.2) is 6.07 Å². The lowest BCUT2D eigenvalue weighted by atomic mass is 9.83. The summed E-state index contributed by atoms with van der Waals surface area (Å²) in [7, 11) is -3.52. The van der Waals surface area contributed by atoms with Gasteiger partial charge >= 0.3 is 5.97 Å². The number of rotatable bonds is 5. The lowest BCUT2D eigenvalue weighted by Gasteiger charge is -2.48. The summed E-state index contributed by atoms with van der Waals surface area (Å²) in [5.41, 5.74) is 1.17. The highest BCUT2D eigenvalue weighted by Crippen LogP contribution is 2.45. The molecular weight excluding hydrogens is 358 g/mol. The normalized spacial score (nSPS) is 23.4. The highest BCUT2D eigenvalue weighted by Gasteiger charge is 2.65. The minimum Gasteiger partial charge on any atom is -0.481 e. The van der Waals surface area contributed by atoms with E-state index in [9.17, 15) is 23.1 Å². The van der Waals surface area contributed by atoms with Crippen LogP contribution in [0.4, 0.5) is 0 Å². The standard InChI is InChI=1S/C17H25N3O5S/c1-4-12(5-2)20-11(3)8-14(18-20)15(21)19-9-17(10-19)13(16(22)23)6-7-26(17,24)25/h8,12-13H,4-7,9-10H2,1-3H3,(H,22,23). The van der Waals surface area contributed by atoms with Crippen LogP contribution >= 0.6 is 0 Å². The second-order valence-corrected chi connectivity index (χ2v) is 9.76. The van der Waals surface area contributed by atoms with Gasteiger partial charge in [-0.1, -0.05) is 13.8 Å². The Kier molecular flexibility index (Phi) is 4.62. The summed E-state index contributed by atoms with van der Waals surface area (Å²) in [6.07, 6.45) is 1.91. The topological polar surface area (TPSA) is 110 Å². The van der Waals surface area contributed by atoms with Crippen molar-refractivity contribution in [3.8, 4) is 0 Å². The van der Waals surface area contributed by atoms with E-state index < -0.39 is 26.5 Å². The van der Waals surface area contributed by atoms with Crippen molar-refractivity contribution in [2.75, 3.05) is 18.8 Å². The summed E-state index contributed by atoms with van der Waals surface area (Å²) < 4.78 is 25.3. The number of hydrogen-bond acceptors (Lipinski definition) is 5. The van der Waals surface area contributed by atoms with Crippen molar-refractivity contribution in [3.05, 3.63) is 17.5 Å². The molecule has 2 aliphatic rings. The predicted molar refractivity (Wildman–Crippen MR) is 94.7 cm³/mol. The molecule has 2 fully saturated rings. The van der Waals surface area contributed by atoms with Gasteiger partial charge in [-0.15, -0.1) is 0 Å². The summed E-state index contributed by atoms with van der Waals surface area (Å²) in [4.78, 5) is 25.6. The number of carbonyl (C=O) groups excluding carboxylic acids is 1. The van der Waals surface area contributed by atoms with Crippen LogP contribution in [-0.4, -0.2) is 63.7 Å². The zero-order valence-corrected chi connectivity index (χ0v) is 16.1. The molecule has 1 spiro atoms. The fraction of sp³-hybridized carbons (Fsp3) is 0.706. The minimum absolute atomic E-state index is 0.0674. The Hall–Kier alpha value is -1.90. The zero-order chi connectivity index (χ0) is 19.3. The van der Waals surface area contributed by atoms with E-state index in [-0.39, 0.29) is 42.9 Å². The maximum atomic E-state index is 12.7. The summed E-state index contributed by atoms with van der Waals surface area (Å²) in [5, 5.41) is 13.8. The number of amides is 1. The van der Waals surface area contributed by atoms with Gasteiger partial charge in [-0.3, -0.25) is 14.3 Å². The van der Waals surface area contributed by atoms with Gasteiger partial charge in [0, 0.05) is 18.8 Å². The average molecular weight is 383 g/mol. The van der Waals surface area contributed by atoms with Crippen molar-refractivity contribution in [2.24, 2.45) is 5.92 Å². The third-order valence-corrected chi connectivity index (χ3v) is 8.42. The number of aryl methyl sites for hydroxylation is 1. The Morgan fingerprint density at radius 2 is 1.96 bits per heavy atom. The lowest BCUT2D eigenvalue weighted by Crippen LogP contribution is -2.69. The molecule has 0 aliphatic carbocycles. The minimum atomic E-state index is -3.52. The molecule has 0 aromatic carbocycles.